The molecule has 0 saturated heterocycles. The van der Waals surface area contributed by atoms with Crippen LogP contribution in [0.2, 0.25) is 0 Å². The fourth-order valence-electron chi connectivity index (χ4n) is 2.61. The van der Waals surface area contributed by atoms with Crippen LogP contribution in [0.3, 0.4) is 0 Å². The highest BCUT2D eigenvalue weighted by Crippen LogP contribution is 2.29. The van der Waals surface area contributed by atoms with Crippen molar-refractivity contribution in [2.75, 3.05) is 13.7 Å². The highest BCUT2D eigenvalue weighted by atomic mass is 16.5. The van der Waals surface area contributed by atoms with Crippen LogP contribution in [0.15, 0.2) is 24.3 Å². The fraction of sp³-hybridized carbons (Fsp3) is 0.529. The molecule has 2 rings (SSSR count). The molecule has 1 aromatic rings. The van der Waals surface area contributed by atoms with Crippen molar-refractivity contribution in [2.45, 2.75) is 32.6 Å². The molecule has 0 bridgehead atoms. The Balaban J connectivity index is 1.81. The second kappa shape index (κ2) is 7.25. The van der Waals surface area contributed by atoms with Crippen LogP contribution in [0.4, 0.5) is 0 Å². The second-order valence-electron chi connectivity index (χ2n) is 5.72. The first-order valence-corrected chi connectivity index (χ1v) is 7.44. The van der Waals surface area contributed by atoms with Crippen molar-refractivity contribution in [3.8, 4) is 5.75 Å². The first-order valence-electron chi connectivity index (χ1n) is 7.44. The summed E-state index contributed by atoms with van der Waals surface area (Å²) in [6.07, 6.45) is 3.87. The molecule has 0 atom stereocenters. The van der Waals surface area contributed by atoms with Crippen LogP contribution in [-0.2, 0) is 9.53 Å². The Kier molecular flexibility index (Phi) is 5.37. The summed E-state index contributed by atoms with van der Waals surface area (Å²) in [4.78, 5) is 23.9. The molecular formula is C17H22O4. The van der Waals surface area contributed by atoms with E-state index in [1.165, 1.54) is 0 Å². The molecule has 114 valence electrons. The lowest BCUT2D eigenvalue weighted by Gasteiger charge is -2.24. The van der Waals surface area contributed by atoms with Crippen LogP contribution in [0, 0.1) is 11.8 Å². The van der Waals surface area contributed by atoms with Gasteiger partial charge in [-0.1, -0.05) is 6.92 Å². The molecule has 1 aliphatic rings. The predicted octanol–water partition coefficient (Wildman–Crippen LogP) is 3.25. The number of ether oxygens (including phenoxy) is 2. The molecular weight excluding hydrogens is 268 g/mol. The average Bonchev–Trinajstić information content (AvgIpc) is 2.53. The summed E-state index contributed by atoms with van der Waals surface area (Å²) < 4.78 is 10.2. The summed E-state index contributed by atoms with van der Waals surface area (Å²) in [5.41, 5.74) is 0.529. The Bertz CT molecular complexity index is 484. The molecule has 0 heterocycles. The van der Waals surface area contributed by atoms with Gasteiger partial charge in [-0.3, -0.25) is 9.59 Å². The van der Waals surface area contributed by atoms with Crippen LogP contribution in [0.25, 0.3) is 0 Å². The van der Waals surface area contributed by atoms with Gasteiger partial charge in [0.25, 0.3) is 0 Å². The van der Waals surface area contributed by atoms with Gasteiger partial charge >= 0.3 is 5.97 Å². The van der Waals surface area contributed by atoms with Crippen LogP contribution >= 0.6 is 0 Å². The molecule has 1 fully saturated rings. The number of Topliss-reactive ketones (excluding diaryl/α,β-unsaturated/α-hetero) is 1. The summed E-state index contributed by atoms with van der Waals surface area (Å²) in [5, 5.41) is 0. The van der Waals surface area contributed by atoms with Gasteiger partial charge in [-0.05, 0) is 55.9 Å². The summed E-state index contributed by atoms with van der Waals surface area (Å²) in [7, 11) is 1.57. The maximum absolute atomic E-state index is 12.0. The SMILES string of the molecule is COc1ccc(C(=O)COC(=O)C2CCC(C)CC2)cc1. The van der Waals surface area contributed by atoms with Crippen LogP contribution in [-0.4, -0.2) is 25.5 Å². The van der Waals surface area contributed by atoms with Gasteiger partial charge in [-0.15, -0.1) is 0 Å². The number of rotatable bonds is 5. The highest BCUT2D eigenvalue weighted by molar-refractivity contribution is 5.98. The summed E-state index contributed by atoms with van der Waals surface area (Å²) in [6.45, 7) is 2.02. The van der Waals surface area contributed by atoms with E-state index in [9.17, 15) is 9.59 Å². The third kappa shape index (κ3) is 4.31. The van der Waals surface area contributed by atoms with E-state index in [0.717, 1.165) is 25.7 Å². The minimum Gasteiger partial charge on any atom is -0.497 e. The topological polar surface area (TPSA) is 52.6 Å². The van der Waals surface area contributed by atoms with E-state index in [0.29, 0.717) is 17.2 Å². The molecule has 0 aromatic heterocycles. The molecule has 0 spiro atoms. The van der Waals surface area contributed by atoms with E-state index >= 15 is 0 Å². The van der Waals surface area contributed by atoms with Gasteiger partial charge in [0.05, 0.1) is 13.0 Å². The van der Waals surface area contributed by atoms with Gasteiger partial charge < -0.3 is 9.47 Å². The number of esters is 1. The Morgan fingerprint density at radius 3 is 2.29 bits per heavy atom. The van der Waals surface area contributed by atoms with E-state index in [-0.39, 0.29) is 24.3 Å². The lowest BCUT2D eigenvalue weighted by atomic mass is 9.83. The smallest absolute Gasteiger partial charge is 0.309 e. The molecule has 4 nitrogen and oxygen atoms in total. The van der Waals surface area contributed by atoms with Crippen LogP contribution in [0.5, 0.6) is 5.75 Å². The third-order valence-corrected chi connectivity index (χ3v) is 4.11. The molecule has 0 radical (unpaired) electrons. The number of benzene rings is 1. The first-order chi connectivity index (χ1) is 10.1. The normalized spacial score (nSPS) is 21.6. The number of carbonyl (C=O) groups is 2. The van der Waals surface area contributed by atoms with E-state index < -0.39 is 0 Å². The van der Waals surface area contributed by atoms with Crippen molar-refractivity contribution in [2.24, 2.45) is 11.8 Å². The monoisotopic (exact) mass is 290 g/mol. The summed E-state index contributed by atoms with van der Waals surface area (Å²) in [6, 6.07) is 6.80. The van der Waals surface area contributed by atoms with Crippen molar-refractivity contribution in [3.63, 3.8) is 0 Å². The zero-order chi connectivity index (χ0) is 15.2. The Labute approximate surface area is 125 Å². The maximum atomic E-state index is 12.0. The number of carbonyl (C=O) groups excluding carboxylic acids is 2. The van der Waals surface area contributed by atoms with E-state index in [2.05, 4.69) is 6.92 Å². The largest absolute Gasteiger partial charge is 0.497 e. The van der Waals surface area contributed by atoms with Crippen LogP contribution in [0.1, 0.15) is 43.0 Å². The second-order valence-corrected chi connectivity index (χ2v) is 5.72. The van der Waals surface area contributed by atoms with E-state index in [1.54, 1.807) is 31.4 Å². The van der Waals surface area contributed by atoms with Gasteiger partial charge in [0.15, 0.2) is 12.4 Å². The van der Waals surface area contributed by atoms with Gasteiger partial charge in [0, 0.05) is 5.56 Å². The maximum Gasteiger partial charge on any atom is 0.309 e. The van der Waals surface area contributed by atoms with Crippen molar-refractivity contribution in [3.05, 3.63) is 29.8 Å². The molecule has 0 unspecified atom stereocenters. The van der Waals surface area contributed by atoms with Gasteiger partial charge in [0.1, 0.15) is 5.75 Å². The number of methoxy groups -OCH3 is 1. The minimum absolute atomic E-state index is 0.0372. The zero-order valence-corrected chi connectivity index (χ0v) is 12.6. The highest BCUT2D eigenvalue weighted by Gasteiger charge is 2.26. The molecule has 1 saturated carbocycles. The van der Waals surface area contributed by atoms with Crippen LogP contribution < -0.4 is 4.74 Å². The van der Waals surface area contributed by atoms with Crippen molar-refractivity contribution in [1.82, 2.24) is 0 Å². The Morgan fingerprint density at radius 2 is 1.71 bits per heavy atom. The molecule has 0 aliphatic heterocycles. The molecule has 0 amide bonds. The third-order valence-electron chi connectivity index (χ3n) is 4.11. The average molecular weight is 290 g/mol. The van der Waals surface area contributed by atoms with Crippen molar-refractivity contribution >= 4 is 11.8 Å². The number of hydrogen-bond donors (Lipinski definition) is 0. The summed E-state index contributed by atoms with van der Waals surface area (Å²) in [5.74, 6) is 0.929. The quantitative estimate of drug-likeness (QED) is 0.617. The summed E-state index contributed by atoms with van der Waals surface area (Å²) >= 11 is 0. The first kappa shape index (κ1) is 15.5. The molecule has 4 heteroatoms. The van der Waals surface area contributed by atoms with Gasteiger partial charge in [-0.2, -0.15) is 0 Å². The van der Waals surface area contributed by atoms with Crippen molar-refractivity contribution < 1.29 is 19.1 Å². The van der Waals surface area contributed by atoms with Crippen molar-refractivity contribution in [1.29, 1.82) is 0 Å². The fourth-order valence-corrected chi connectivity index (χ4v) is 2.61. The Morgan fingerprint density at radius 1 is 1.10 bits per heavy atom. The van der Waals surface area contributed by atoms with Gasteiger partial charge in [-0.25, -0.2) is 0 Å². The molecule has 1 aliphatic carbocycles. The lowest BCUT2D eigenvalue weighted by molar-refractivity contribution is -0.148. The number of ketones is 1. The van der Waals surface area contributed by atoms with E-state index in [4.69, 9.17) is 9.47 Å². The Hall–Kier alpha value is -1.84. The van der Waals surface area contributed by atoms with E-state index in [1.807, 2.05) is 0 Å². The van der Waals surface area contributed by atoms with Gasteiger partial charge in [0.2, 0.25) is 0 Å². The minimum atomic E-state index is -0.233. The number of hydrogen-bond acceptors (Lipinski definition) is 4. The standard InChI is InChI=1S/C17H22O4/c1-12-3-5-14(6-4-12)17(19)21-11-16(18)13-7-9-15(20-2)10-8-13/h7-10,12,14H,3-6,11H2,1-2H3. The lowest BCUT2D eigenvalue weighted by Crippen LogP contribution is -2.25. The predicted molar refractivity (Wildman–Crippen MR) is 79.4 cm³/mol. The zero-order valence-electron chi connectivity index (χ0n) is 12.6. The molecule has 1 aromatic carbocycles. The molecule has 21 heavy (non-hydrogen) atoms. The molecule has 0 N–H and O–H groups in total.